The van der Waals surface area contributed by atoms with E-state index in [2.05, 4.69) is 50.4 Å². The number of aromatic nitrogens is 2. The molecular formula is C45H52N4O3. The Morgan fingerprint density at radius 1 is 0.846 bits per heavy atom. The van der Waals surface area contributed by atoms with Gasteiger partial charge < -0.3 is 15.0 Å². The van der Waals surface area contributed by atoms with Crippen LogP contribution in [0.15, 0.2) is 72.8 Å². The van der Waals surface area contributed by atoms with Crippen molar-refractivity contribution >= 4 is 44.7 Å². The predicted octanol–water partition coefficient (Wildman–Crippen LogP) is 10.1. The van der Waals surface area contributed by atoms with E-state index in [1.54, 1.807) is 0 Å². The third kappa shape index (κ3) is 6.20. The van der Waals surface area contributed by atoms with Crippen molar-refractivity contribution < 1.29 is 14.3 Å². The molecule has 2 fully saturated rings. The van der Waals surface area contributed by atoms with Crippen LogP contribution >= 0.6 is 0 Å². The fourth-order valence-electron chi connectivity index (χ4n) is 9.54. The molecule has 0 bridgehead atoms. The van der Waals surface area contributed by atoms with E-state index in [-0.39, 0.29) is 23.5 Å². The summed E-state index contributed by atoms with van der Waals surface area (Å²) in [6.45, 7) is 12.8. The third-order valence-corrected chi connectivity index (χ3v) is 11.9. The van der Waals surface area contributed by atoms with Crippen molar-refractivity contribution in [1.29, 1.82) is 0 Å². The summed E-state index contributed by atoms with van der Waals surface area (Å²) < 4.78 is 6.98. The van der Waals surface area contributed by atoms with Gasteiger partial charge in [0.05, 0.1) is 22.1 Å². The van der Waals surface area contributed by atoms with E-state index >= 15 is 4.79 Å². The Morgan fingerprint density at radius 3 is 2.27 bits per heavy atom. The topological polar surface area (TPSA) is 84.4 Å². The van der Waals surface area contributed by atoms with E-state index < -0.39 is 11.6 Å². The summed E-state index contributed by atoms with van der Waals surface area (Å²) in [5.74, 6) is 1.91. The van der Waals surface area contributed by atoms with Gasteiger partial charge in [0, 0.05) is 39.4 Å². The molecular weight excluding hydrogens is 645 g/mol. The summed E-state index contributed by atoms with van der Waals surface area (Å²) in [6, 6.07) is 23.1. The van der Waals surface area contributed by atoms with Crippen molar-refractivity contribution in [3.05, 3.63) is 89.5 Å². The van der Waals surface area contributed by atoms with Gasteiger partial charge in [-0.3, -0.25) is 9.59 Å². The average molecular weight is 697 g/mol. The first kappa shape index (κ1) is 34.6. The Bertz CT molecular complexity index is 2170. The number of rotatable bonds is 5. The molecule has 2 heterocycles. The molecule has 2 amide bonds. The first-order chi connectivity index (χ1) is 24.9. The molecule has 1 N–H and O–H groups in total. The van der Waals surface area contributed by atoms with E-state index in [9.17, 15) is 4.79 Å². The highest BCUT2D eigenvalue weighted by Gasteiger charge is 2.48. The number of amides is 2. The fraction of sp³-hybridized carbons (Fsp3) is 0.467. The van der Waals surface area contributed by atoms with Crippen molar-refractivity contribution in [3.63, 3.8) is 0 Å². The van der Waals surface area contributed by atoms with Gasteiger partial charge in [-0.15, -0.1) is 0 Å². The van der Waals surface area contributed by atoms with Crippen molar-refractivity contribution in [3.8, 4) is 5.75 Å². The lowest BCUT2D eigenvalue weighted by Gasteiger charge is -2.49. The van der Waals surface area contributed by atoms with Crippen molar-refractivity contribution in [1.82, 2.24) is 20.2 Å². The normalized spacial score (nSPS) is 22.3. The van der Waals surface area contributed by atoms with E-state index in [0.29, 0.717) is 28.8 Å². The molecule has 52 heavy (non-hydrogen) atoms. The molecule has 4 atom stereocenters. The Labute approximate surface area is 307 Å². The summed E-state index contributed by atoms with van der Waals surface area (Å²) >= 11 is 0. The number of carbonyl (C=O) groups is 2. The van der Waals surface area contributed by atoms with Crippen LogP contribution in [0.1, 0.15) is 126 Å². The predicted molar refractivity (Wildman–Crippen MR) is 209 cm³/mol. The summed E-state index contributed by atoms with van der Waals surface area (Å²) in [5, 5.41) is 5.31. The molecule has 270 valence electrons. The molecule has 0 radical (unpaired) electrons. The van der Waals surface area contributed by atoms with Crippen molar-refractivity contribution in [2.45, 2.75) is 122 Å². The van der Waals surface area contributed by atoms with Gasteiger partial charge in [0.15, 0.2) is 0 Å². The average Bonchev–Trinajstić information content (AvgIpc) is 3.12. The molecule has 1 unspecified atom stereocenters. The summed E-state index contributed by atoms with van der Waals surface area (Å²) in [6.07, 6.45) is 8.35. The van der Waals surface area contributed by atoms with E-state index in [0.717, 1.165) is 83.6 Å². The van der Waals surface area contributed by atoms with Gasteiger partial charge in [0.1, 0.15) is 17.4 Å². The van der Waals surface area contributed by atoms with Gasteiger partial charge in [-0.05, 0) is 95.9 Å². The maximum absolute atomic E-state index is 15.0. The van der Waals surface area contributed by atoms with Crippen LogP contribution in [0, 0.1) is 11.8 Å². The molecule has 7 heteroatoms. The maximum Gasteiger partial charge on any atom is 0.255 e. The number of hydrogen-bond donors (Lipinski definition) is 1. The van der Waals surface area contributed by atoms with E-state index in [4.69, 9.17) is 14.7 Å². The minimum absolute atomic E-state index is 0.0559. The molecule has 0 spiro atoms. The molecule has 1 aliphatic heterocycles. The van der Waals surface area contributed by atoms with Crippen molar-refractivity contribution in [2.75, 3.05) is 0 Å². The van der Waals surface area contributed by atoms with Crippen LogP contribution in [0.25, 0.3) is 32.8 Å². The van der Waals surface area contributed by atoms with Crippen LogP contribution in [0.3, 0.4) is 0 Å². The van der Waals surface area contributed by atoms with Crippen LogP contribution < -0.4 is 10.1 Å². The van der Waals surface area contributed by atoms with Crippen LogP contribution in [0.2, 0.25) is 0 Å². The zero-order valence-electron chi connectivity index (χ0n) is 31.5. The summed E-state index contributed by atoms with van der Waals surface area (Å²) in [4.78, 5) is 41.8. The van der Waals surface area contributed by atoms with Gasteiger partial charge in [-0.2, -0.15) is 0 Å². The van der Waals surface area contributed by atoms with E-state index in [1.165, 1.54) is 12.0 Å². The molecule has 7 nitrogen and oxygen atoms in total. The van der Waals surface area contributed by atoms with Gasteiger partial charge in [-0.25, -0.2) is 9.97 Å². The summed E-state index contributed by atoms with van der Waals surface area (Å²) in [5.41, 5.74) is 4.93. The minimum Gasteiger partial charge on any atom is -0.487 e. The Hall–Kier alpha value is -4.52. The van der Waals surface area contributed by atoms with Crippen LogP contribution in [0.5, 0.6) is 5.75 Å². The zero-order chi connectivity index (χ0) is 36.4. The molecule has 3 aliphatic rings. The Morgan fingerprint density at radius 2 is 1.54 bits per heavy atom. The van der Waals surface area contributed by atoms with Crippen molar-refractivity contribution in [2.24, 2.45) is 11.8 Å². The van der Waals surface area contributed by atoms with Gasteiger partial charge in [0.2, 0.25) is 5.91 Å². The highest BCUT2D eigenvalue weighted by atomic mass is 16.5. The Balaban J connectivity index is 1.29. The maximum atomic E-state index is 15.0. The first-order valence-electron chi connectivity index (χ1n) is 19.4. The van der Waals surface area contributed by atoms with Crippen LogP contribution in [0.4, 0.5) is 0 Å². The molecule has 1 aromatic heterocycles. The lowest BCUT2D eigenvalue weighted by atomic mass is 9.64. The molecule has 5 aromatic rings. The number of benzene rings is 4. The second kappa shape index (κ2) is 13.2. The van der Waals surface area contributed by atoms with Crippen LogP contribution in [-0.2, 0) is 4.79 Å². The van der Waals surface area contributed by atoms with Gasteiger partial charge in [-0.1, -0.05) is 87.2 Å². The molecule has 2 aliphatic carbocycles. The number of fused-ring (bicyclic) bond motifs is 9. The first-order valence-corrected chi connectivity index (χ1v) is 19.4. The highest BCUT2D eigenvalue weighted by molar-refractivity contribution is 6.11. The largest absolute Gasteiger partial charge is 0.487 e. The van der Waals surface area contributed by atoms with E-state index in [1.807, 2.05) is 74.2 Å². The lowest BCUT2D eigenvalue weighted by Crippen LogP contribution is -2.52. The number of hydrogen-bond acceptors (Lipinski definition) is 5. The second-order valence-electron chi connectivity index (χ2n) is 17.3. The highest BCUT2D eigenvalue weighted by Crippen LogP contribution is 2.56. The fourth-order valence-corrected chi connectivity index (χ4v) is 9.54. The second-order valence-corrected chi connectivity index (χ2v) is 17.3. The SMILES string of the molecule is C[C@H]1CC[C@H]2[C@H](C1)c1c(c3ccccc3c3nc4ccc(C(=O)N(C5CCCCC5)C(C(=O)NC(C)(C)C)c5ccccc5)cc4nc13)OC2(C)C. The monoisotopic (exact) mass is 696 g/mol. The zero-order valence-corrected chi connectivity index (χ0v) is 31.5. The van der Waals surface area contributed by atoms with Crippen LogP contribution in [-0.4, -0.2) is 43.9 Å². The number of ether oxygens (including phenoxy) is 1. The van der Waals surface area contributed by atoms with Gasteiger partial charge >= 0.3 is 0 Å². The quantitative estimate of drug-likeness (QED) is 0.146. The third-order valence-electron chi connectivity index (χ3n) is 11.9. The molecule has 8 rings (SSSR count). The van der Waals surface area contributed by atoms with Gasteiger partial charge in [0.25, 0.3) is 5.91 Å². The lowest BCUT2D eigenvalue weighted by molar-refractivity contribution is -0.128. The molecule has 0 saturated heterocycles. The number of carbonyl (C=O) groups excluding carboxylic acids is 2. The standard InChI is InChI=1S/C45H52N4O3/c1-27-21-23-34-33(25-27)37-39-38(31-19-13-14-20-32(31)41(37)52-45(34,5)6)46-35-24-22-29(26-36(35)47-39)43(51)49(30-17-11-8-12-18-30)40(28-15-9-7-10-16-28)42(50)48-44(2,3)4/h7,9-10,13-16,19-20,22,24,26-27,30,33-34,40H,8,11-12,17-18,21,23,25H2,1-6H3,(H,48,50)/t27-,33-,34-,40?/m0/s1. The number of nitrogens with zero attached hydrogens (tertiary/aromatic N) is 3. The molecule has 2 saturated carbocycles. The number of nitrogens with one attached hydrogen (secondary N) is 1. The smallest absolute Gasteiger partial charge is 0.255 e. The summed E-state index contributed by atoms with van der Waals surface area (Å²) in [7, 11) is 0. The Kier molecular flexibility index (Phi) is 8.74. The molecule has 4 aromatic carbocycles. The minimum atomic E-state index is -0.765.